The highest BCUT2D eigenvalue weighted by molar-refractivity contribution is 5.79. The summed E-state index contributed by atoms with van der Waals surface area (Å²) >= 11 is 0. The van der Waals surface area contributed by atoms with Crippen molar-refractivity contribution < 1.29 is 47.7 Å². The largest absolute Gasteiger partial charge is 0.463 e. The molecular weight excluding hydrogens is 426 g/mol. The van der Waals surface area contributed by atoms with E-state index in [-0.39, 0.29) is 18.4 Å². The number of ether oxygens (including phenoxy) is 5. The zero-order valence-electron chi connectivity index (χ0n) is 18.8. The third kappa shape index (κ3) is 7.47. The molecule has 2 aliphatic rings. The van der Waals surface area contributed by atoms with Crippen molar-refractivity contribution in [1.82, 2.24) is 5.32 Å². The molecule has 11 heteroatoms. The van der Waals surface area contributed by atoms with E-state index in [1.807, 2.05) is 0 Å². The van der Waals surface area contributed by atoms with E-state index in [9.17, 15) is 24.0 Å². The molecule has 11 nitrogen and oxygen atoms in total. The van der Waals surface area contributed by atoms with Crippen molar-refractivity contribution in [2.45, 2.75) is 90.4 Å². The van der Waals surface area contributed by atoms with Crippen LogP contribution in [-0.4, -0.2) is 67.0 Å². The Morgan fingerprint density at radius 2 is 1.34 bits per heavy atom. The molecule has 1 unspecified atom stereocenters. The van der Waals surface area contributed by atoms with Crippen LogP contribution >= 0.6 is 0 Å². The fraction of sp³-hybridized carbons (Fsp3) is 0.762. The fourth-order valence-electron chi connectivity index (χ4n) is 3.97. The minimum Gasteiger partial charge on any atom is -0.463 e. The summed E-state index contributed by atoms with van der Waals surface area (Å²) < 4.78 is 26.8. The first kappa shape index (κ1) is 25.6. The normalized spacial score (nSPS) is 28.2. The lowest BCUT2D eigenvalue weighted by molar-refractivity contribution is -0.271. The van der Waals surface area contributed by atoms with Gasteiger partial charge < -0.3 is 29.0 Å². The van der Waals surface area contributed by atoms with Crippen molar-refractivity contribution in [1.29, 1.82) is 0 Å². The molecule has 1 heterocycles. The summed E-state index contributed by atoms with van der Waals surface area (Å²) in [4.78, 5) is 59.6. The van der Waals surface area contributed by atoms with Gasteiger partial charge in [0, 0.05) is 33.6 Å². The van der Waals surface area contributed by atoms with Gasteiger partial charge in [0.15, 0.2) is 12.2 Å². The van der Waals surface area contributed by atoms with Gasteiger partial charge in [0.2, 0.25) is 12.2 Å². The van der Waals surface area contributed by atoms with Crippen LogP contribution in [0.3, 0.4) is 0 Å². The third-order valence-electron chi connectivity index (χ3n) is 5.27. The highest BCUT2D eigenvalue weighted by Crippen LogP contribution is 2.29. The van der Waals surface area contributed by atoms with Crippen LogP contribution in [-0.2, 0) is 47.7 Å². The van der Waals surface area contributed by atoms with Crippen LogP contribution in [0.15, 0.2) is 0 Å². The van der Waals surface area contributed by atoms with Crippen LogP contribution in [0.4, 0.5) is 0 Å². The summed E-state index contributed by atoms with van der Waals surface area (Å²) in [5.74, 6) is -3.27. The topological polar surface area (TPSA) is 144 Å². The van der Waals surface area contributed by atoms with E-state index >= 15 is 0 Å². The first-order valence-corrected chi connectivity index (χ1v) is 10.7. The Balaban J connectivity index is 2.37. The van der Waals surface area contributed by atoms with Gasteiger partial charge in [-0.15, -0.1) is 0 Å². The van der Waals surface area contributed by atoms with Gasteiger partial charge in [0.1, 0.15) is 18.8 Å². The lowest BCUT2D eigenvalue weighted by atomic mass is 9.88. The van der Waals surface area contributed by atoms with Crippen LogP contribution < -0.4 is 5.32 Å². The Hall–Kier alpha value is -2.69. The molecule has 1 aliphatic carbocycles. The van der Waals surface area contributed by atoms with E-state index in [2.05, 4.69) is 5.32 Å². The van der Waals surface area contributed by atoms with Gasteiger partial charge in [0.25, 0.3) is 0 Å². The fourth-order valence-corrected chi connectivity index (χ4v) is 3.97. The maximum atomic E-state index is 12.9. The predicted octanol–water partition coefficient (Wildman–Crippen LogP) is 0.766. The van der Waals surface area contributed by atoms with Gasteiger partial charge in [-0.25, -0.2) is 0 Å². The van der Waals surface area contributed by atoms with E-state index in [0.29, 0.717) is 12.8 Å². The number of amides is 1. The molecule has 1 saturated heterocycles. The molecule has 180 valence electrons. The number of rotatable bonds is 7. The monoisotopic (exact) mass is 457 g/mol. The summed E-state index contributed by atoms with van der Waals surface area (Å²) in [6.45, 7) is 4.29. The Kier molecular flexibility index (Phi) is 9.42. The van der Waals surface area contributed by atoms with Gasteiger partial charge in [0.05, 0.1) is 0 Å². The van der Waals surface area contributed by atoms with E-state index in [0.717, 1.165) is 40.0 Å². The van der Waals surface area contributed by atoms with E-state index in [1.165, 1.54) is 6.92 Å². The first-order chi connectivity index (χ1) is 15.1. The van der Waals surface area contributed by atoms with Crippen LogP contribution in [0.25, 0.3) is 0 Å². The Labute approximate surface area is 186 Å². The number of hydrogen-bond acceptors (Lipinski definition) is 10. The quantitative estimate of drug-likeness (QED) is 0.430. The molecule has 0 spiro atoms. The average Bonchev–Trinajstić information content (AvgIpc) is 2.70. The van der Waals surface area contributed by atoms with Gasteiger partial charge >= 0.3 is 23.9 Å². The summed E-state index contributed by atoms with van der Waals surface area (Å²) in [6.07, 6.45) is -0.648. The van der Waals surface area contributed by atoms with Crippen molar-refractivity contribution in [3.05, 3.63) is 0 Å². The predicted molar refractivity (Wildman–Crippen MR) is 107 cm³/mol. The maximum absolute atomic E-state index is 12.9. The highest BCUT2D eigenvalue weighted by atomic mass is 16.7. The molecule has 1 N–H and O–H groups in total. The average molecular weight is 457 g/mol. The maximum Gasteiger partial charge on any atom is 0.305 e. The molecule has 1 aliphatic heterocycles. The summed E-state index contributed by atoms with van der Waals surface area (Å²) in [6, 6.07) is -1.14. The molecule has 32 heavy (non-hydrogen) atoms. The molecular formula is C21H31NO10. The zero-order valence-corrected chi connectivity index (χ0v) is 18.8. The number of carbonyl (C=O) groups is 5. The lowest BCUT2D eigenvalue weighted by Crippen LogP contribution is -2.67. The molecule has 5 atom stereocenters. The standard InChI is InChI=1S/C21H31NO10/c1-11(23)28-10-16-18(29-12(2)24)19(30-13(3)25)17(21(32-16)31-14(4)26)22-20(27)15-8-6-5-7-9-15/h15-19,21H,5-10H2,1-4H3,(H,22,27)/t16-,17-,18+,19-,21?/m1/s1. The number of nitrogens with one attached hydrogen (secondary N) is 1. The first-order valence-electron chi connectivity index (χ1n) is 10.7. The molecule has 0 radical (unpaired) electrons. The molecule has 0 aromatic carbocycles. The van der Waals surface area contributed by atoms with Crippen molar-refractivity contribution in [3.8, 4) is 0 Å². The zero-order chi connectivity index (χ0) is 23.8. The van der Waals surface area contributed by atoms with E-state index < -0.39 is 54.5 Å². The molecule has 0 bridgehead atoms. The lowest BCUT2D eigenvalue weighted by Gasteiger charge is -2.44. The van der Waals surface area contributed by atoms with Gasteiger partial charge in [-0.2, -0.15) is 0 Å². The van der Waals surface area contributed by atoms with Crippen LogP contribution in [0, 0.1) is 5.92 Å². The summed E-state index contributed by atoms with van der Waals surface area (Å²) in [7, 11) is 0. The summed E-state index contributed by atoms with van der Waals surface area (Å²) in [5.41, 5.74) is 0. The van der Waals surface area contributed by atoms with Gasteiger partial charge in [-0.1, -0.05) is 19.3 Å². The molecule has 0 aromatic heterocycles. The van der Waals surface area contributed by atoms with Crippen molar-refractivity contribution in [3.63, 3.8) is 0 Å². The second kappa shape index (κ2) is 11.8. The molecule has 1 saturated carbocycles. The highest BCUT2D eigenvalue weighted by Gasteiger charge is 2.52. The van der Waals surface area contributed by atoms with Gasteiger partial charge in [-0.3, -0.25) is 24.0 Å². The smallest absolute Gasteiger partial charge is 0.305 e. The second-order valence-electron chi connectivity index (χ2n) is 7.97. The third-order valence-corrected chi connectivity index (χ3v) is 5.27. The molecule has 0 aromatic rings. The minimum atomic E-state index is -1.36. The van der Waals surface area contributed by atoms with Crippen molar-refractivity contribution >= 4 is 29.8 Å². The number of hydrogen-bond donors (Lipinski definition) is 1. The van der Waals surface area contributed by atoms with Crippen molar-refractivity contribution in [2.24, 2.45) is 5.92 Å². The molecule has 1 amide bonds. The van der Waals surface area contributed by atoms with E-state index in [1.54, 1.807) is 0 Å². The number of esters is 4. The minimum absolute atomic E-state index is 0.245. The number of carbonyl (C=O) groups excluding carboxylic acids is 5. The van der Waals surface area contributed by atoms with Crippen LogP contribution in [0.2, 0.25) is 0 Å². The summed E-state index contributed by atoms with van der Waals surface area (Å²) in [5, 5.41) is 2.77. The Bertz CT molecular complexity index is 717. The second-order valence-corrected chi connectivity index (χ2v) is 7.97. The molecule has 2 fully saturated rings. The van der Waals surface area contributed by atoms with Crippen molar-refractivity contribution in [2.75, 3.05) is 6.61 Å². The van der Waals surface area contributed by atoms with Crippen LogP contribution in [0.5, 0.6) is 0 Å². The SMILES string of the molecule is CC(=O)OC[C@H]1OC(OC(C)=O)[C@H](NC(=O)C2CCCCC2)[C@@H](OC(C)=O)[C@H]1OC(C)=O. The van der Waals surface area contributed by atoms with Crippen LogP contribution in [0.1, 0.15) is 59.8 Å². The van der Waals surface area contributed by atoms with Gasteiger partial charge in [-0.05, 0) is 12.8 Å². The Morgan fingerprint density at radius 1 is 0.781 bits per heavy atom. The van der Waals surface area contributed by atoms with E-state index in [4.69, 9.17) is 23.7 Å². The Morgan fingerprint density at radius 3 is 1.88 bits per heavy atom. The molecule has 2 rings (SSSR count).